The average molecular weight is 282 g/mol. The number of ketones is 1. The van der Waals surface area contributed by atoms with Crippen LogP contribution in [0.3, 0.4) is 0 Å². The number of fused-ring (bicyclic) bond motifs is 1. The topological polar surface area (TPSA) is 35.5 Å². The van der Waals surface area contributed by atoms with E-state index in [9.17, 15) is 4.79 Å². The highest BCUT2D eigenvalue weighted by Crippen LogP contribution is 2.35. The Morgan fingerprint density at radius 2 is 1.95 bits per heavy atom. The second-order valence-electron chi connectivity index (χ2n) is 5.47. The molecule has 0 amide bonds. The summed E-state index contributed by atoms with van der Waals surface area (Å²) in [5.41, 5.74) is 1.64. The van der Waals surface area contributed by atoms with Crippen LogP contribution in [-0.2, 0) is 0 Å². The lowest BCUT2D eigenvalue weighted by Gasteiger charge is -2.25. The molecule has 1 aliphatic heterocycles. The first kappa shape index (κ1) is 13.7. The molecule has 1 aliphatic rings. The second-order valence-corrected chi connectivity index (χ2v) is 5.47. The van der Waals surface area contributed by atoms with E-state index in [1.165, 1.54) is 0 Å². The first-order chi connectivity index (χ1) is 10.1. The summed E-state index contributed by atoms with van der Waals surface area (Å²) in [7, 11) is 0. The molecular formula is C18H18O3. The zero-order valence-electron chi connectivity index (χ0n) is 12.2. The number of hydrogen-bond acceptors (Lipinski definition) is 3. The highest BCUT2D eigenvalue weighted by molar-refractivity contribution is 5.99. The lowest BCUT2D eigenvalue weighted by atomic mass is 9.96. The number of carbonyl (C=O) groups excluding carboxylic acids is 1. The summed E-state index contributed by atoms with van der Waals surface area (Å²) in [6, 6.07) is 15.2. The third kappa shape index (κ3) is 2.92. The molecule has 0 saturated carbocycles. The molecule has 3 nitrogen and oxygen atoms in total. The van der Waals surface area contributed by atoms with Gasteiger partial charge in [-0.05, 0) is 43.7 Å². The van der Waals surface area contributed by atoms with E-state index in [0.717, 1.165) is 11.3 Å². The second kappa shape index (κ2) is 5.60. The Bertz CT molecular complexity index is 661. The molecule has 0 aliphatic carbocycles. The maximum absolute atomic E-state index is 12.2. The summed E-state index contributed by atoms with van der Waals surface area (Å²) in [4.78, 5) is 12.2. The van der Waals surface area contributed by atoms with Crippen LogP contribution >= 0.6 is 0 Å². The van der Waals surface area contributed by atoms with Crippen molar-refractivity contribution in [3.63, 3.8) is 0 Å². The molecule has 1 atom stereocenters. The zero-order chi connectivity index (χ0) is 14.8. The third-order valence-electron chi connectivity index (χ3n) is 3.43. The molecule has 3 heteroatoms. The summed E-state index contributed by atoms with van der Waals surface area (Å²) in [5, 5.41) is 0. The zero-order valence-corrected chi connectivity index (χ0v) is 12.2. The molecule has 0 spiro atoms. The molecule has 0 saturated heterocycles. The van der Waals surface area contributed by atoms with Gasteiger partial charge in [0.25, 0.3) is 0 Å². The van der Waals surface area contributed by atoms with Crippen LogP contribution < -0.4 is 9.47 Å². The van der Waals surface area contributed by atoms with E-state index in [-0.39, 0.29) is 18.0 Å². The first-order valence-electron chi connectivity index (χ1n) is 7.19. The monoisotopic (exact) mass is 282 g/mol. The van der Waals surface area contributed by atoms with E-state index in [1.807, 2.05) is 62.4 Å². The SMILES string of the molecule is CC(C)Oc1cccc(C2CC(=O)c3ccccc3O2)c1. The highest BCUT2D eigenvalue weighted by Gasteiger charge is 2.27. The van der Waals surface area contributed by atoms with E-state index in [0.29, 0.717) is 17.7 Å². The van der Waals surface area contributed by atoms with Crippen molar-refractivity contribution in [2.24, 2.45) is 0 Å². The quantitative estimate of drug-likeness (QED) is 0.847. The van der Waals surface area contributed by atoms with Crippen molar-refractivity contribution < 1.29 is 14.3 Å². The number of ether oxygens (including phenoxy) is 2. The molecule has 2 aromatic rings. The molecular weight excluding hydrogens is 264 g/mol. The molecule has 2 aromatic carbocycles. The van der Waals surface area contributed by atoms with Crippen molar-refractivity contribution in [3.8, 4) is 11.5 Å². The number of para-hydroxylation sites is 1. The van der Waals surface area contributed by atoms with Crippen molar-refractivity contribution >= 4 is 5.78 Å². The van der Waals surface area contributed by atoms with Gasteiger partial charge >= 0.3 is 0 Å². The molecule has 1 unspecified atom stereocenters. The van der Waals surface area contributed by atoms with Crippen molar-refractivity contribution in [1.29, 1.82) is 0 Å². The van der Waals surface area contributed by atoms with Gasteiger partial charge in [-0.3, -0.25) is 4.79 Å². The van der Waals surface area contributed by atoms with Gasteiger partial charge in [0, 0.05) is 0 Å². The third-order valence-corrected chi connectivity index (χ3v) is 3.43. The predicted molar refractivity (Wildman–Crippen MR) is 81.0 cm³/mol. The minimum absolute atomic E-state index is 0.120. The Morgan fingerprint density at radius 3 is 2.76 bits per heavy atom. The molecule has 0 fully saturated rings. The van der Waals surface area contributed by atoms with Crippen LogP contribution in [0.15, 0.2) is 48.5 Å². The maximum atomic E-state index is 12.2. The predicted octanol–water partition coefficient (Wildman–Crippen LogP) is 4.18. The van der Waals surface area contributed by atoms with Crippen LogP contribution in [-0.4, -0.2) is 11.9 Å². The summed E-state index contributed by atoms with van der Waals surface area (Å²) < 4.78 is 11.7. The maximum Gasteiger partial charge on any atom is 0.170 e. The molecule has 3 rings (SSSR count). The summed E-state index contributed by atoms with van der Waals surface area (Å²) in [6.45, 7) is 3.98. The summed E-state index contributed by atoms with van der Waals surface area (Å²) in [6.07, 6.45) is 0.236. The molecule has 0 N–H and O–H groups in total. The van der Waals surface area contributed by atoms with Gasteiger partial charge in [-0.25, -0.2) is 0 Å². The fourth-order valence-electron chi connectivity index (χ4n) is 2.52. The minimum Gasteiger partial charge on any atom is -0.491 e. The fraction of sp³-hybridized carbons (Fsp3) is 0.278. The van der Waals surface area contributed by atoms with E-state index in [4.69, 9.17) is 9.47 Å². The van der Waals surface area contributed by atoms with Gasteiger partial charge in [0.15, 0.2) is 5.78 Å². The van der Waals surface area contributed by atoms with Crippen LogP contribution in [0.5, 0.6) is 11.5 Å². The van der Waals surface area contributed by atoms with Gasteiger partial charge in [-0.15, -0.1) is 0 Å². The highest BCUT2D eigenvalue weighted by atomic mass is 16.5. The molecule has 0 bridgehead atoms. The smallest absolute Gasteiger partial charge is 0.170 e. The summed E-state index contributed by atoms with van der Waals surface area (Å²) >= 11 is 0. The molecule has 0 radical (unpaired) electrons. The standard InChI is InChI=1S/C18H18O3/c1-12(2)20-14-7-5-6-13(10-14)18-11-16(19)15-8-3-4-9-17(15)21-18/h3-10,12,18H,11H2,1-2H3. The lowest BCUT2D eigenvalue weighted by molar-refractivity contribution is 0.0849. The fourth-order valence-corrected chi connectivity index (χ4v) is 2.52. The van der Waals surface area contributed by atoms with E-state index in [2.05, 4.69) is 0 Å². The molecule has 1 heterocycles. The van der Waals surface area contributed by atoms with Crippen LogP contribution in [0, 0.1) is 0 Å². The van der Waals surface area contributed by atoms with E-state index < -0.39 is 0 Å². The molecule has 0 aromatic heterocycles. The largest absolute Gasteiger partial charge is 0.491 e. The van der Waals surface area contributed by atoms with Crippen molar-refractivity contribution in [3.05, 3.63) is 59.7 Å². The Balaban J connectivity index is 1.87. The van der Waals surface area contributed by atoms with Crippen LogP contribution in [0.1, 0.15) is 42.3 Å². The number of benzene rings is 2. The van der Waals surface area contributed by atoms with Gasteiger partial charge in [-0.2, -0.15) is 0 Å². The number of rotatable bonds is 3. The van der Waals surface area contributed by atoms with Gasteiger partial charge in [0.1, 0.15) is 17.6 Å². The average Bonchev–Trinajstić information content (AvgIpc) is 2.47. The van der Waals surface area contributed by atoms with Gasteiger partial charge in [-0.1, -0.05) is 24.3 Å². The number of Topliss-reactive ketones (excluding diaryl/α,β-unsaturated/α-hetero) is 1. The van der Waals surface area contributed by atoms with Gasteiger partial charge in [0.2, 0.25) is 0 Å². The van der Waals surface area contributed by atoms with Crippen LogP contribution in [0.2, 0.25) is 0 Å². The lowest BCUT2D eigenvalue weighted by Crippen LogP contribution is -2.20. The van der Waals surface area contributed by atoms with Crippen molar-refractivity contribution in [2.45, 2.75) is 32.5 Å². The number of carbonyl (C=O) groups is 1. The molecule has 21 heavy (non-hydrogen) atoms. The number of hydrogen-bond donors (Lipinski definition) is 0. The Morgan fingerprint density at radius 1 is 1.14 bits per heavy atom. The van der Waals surface area contributed by atoms with Crippen LogP contribution in [0.25, 0.3) is 0 Å². The van der Waals surface area contributed by atoms with E-state index >= 15 is 0 Å². The molecule has 108 valence electrons. The normalized spacial score (nSPS) is 17.3. The Kier molecular flexibility index (Phi) is 3.65. The minimum atomic E-state index is -0.247. The summed E-state index contributed by atoms with van der Waals surface area (Å²) in [5.74, 6) is 1.59. The Labute approximate surface area is 124 Å². The Hall–Kier alpha value is -2.29. The van der Waals surface area contributed by atoms with Gasteiger partial charge < -0.3 is 9.47 Å². The first-order valence-corrected chi connectivity index (χ1v) is 7.19. The van der Waals surface area contributed by atoms with Crippen molar-refractivity contribution in [1.82, 2.24) is 0 Å². The van der Waals surface area contributed by atoms with Crippen LogP contribution in [0.4, 0.5) is 0 Å². The van der Waals surface area contributed by atoms with Gasteiger partial charge in [0.05, 0.1) is 18.1 Å². The van der Waals surface area contributed by atoms with Crippen molar-refractivity contribution in [2.75, 3.05) is 0 Å². The van der Waals surface area contributed by atoms with E-state index in [1.54, 1.807) is 0 Å².